The summed E-state index contributed by atoms with van der Waals surface area (Å²) in [5, 5.41) is 1.00. The SMILES string of the molecule is COC(=O)c1cc2[nH]c(-c3ccc4nc(-c5ccccc5F)ccc4c3)c(C3CCCCC3)c2s1. The second-order valence-corrected chi connectivity index (χ2v) is 10.2. The van der Waals surface area contributed by atoms with Crippen LogP contribution in [0, 0.1) is 5.82 Å². The Morgan fingerprint density at radius 1 is 1.06 bits per heavy atom. The molecule has 6 rings (SSSR count). The van der Waals surface area contributed by atoms with Gasteiger partial charge in [0.1, 0.15) is 10.7 Å². The lowest BCUT2D eigenvalue weighted by atomic mass is 9.83. The third-order valence-electron chi connectivity index (χ3n) is 7.03. The number of hydrogen-bond acceptors (Lipinski definition) is 4. The van der Waals surface area contributed by atoms with Gasteiger partial charge >= 0.3 is 5.97 Å². The second-order valence-electron chi connectivity index (χ2n) is 9.18. The third-order valence-corrected chi connectivity index (χ3v) is 8.18. The highest BCUT2D eigenvalue weighted by Gasteiger charge is 2.26. The summed E-state index contributed by atoms with van der Waals surface area (Å²) in [6.45, 7) is 0. The molecule has 3 heterocycles. The Labute approximate surface area is 206 Å². The Balaban J connectivity index is 1.46. The first-order chi connectivity index (χ1) is 17.1. The standard InChI is InChI=1S/C29H25FN2O2S/c1-34-29(33)25-16-24-28(35-25)26(17-7-3-2-4-8-17)27(32-24)19-12-13-22-18(15-19)11-14-23(31-22)20-9-5-6-10-21(20)30/h5-6,9-17,32H,2-4,7-8H2,1H3. The summed E-state index contributed by atoms with van der Waals surface area (Å²) in [6.07, 6.45) is 6.06. The van der Waals surface area contributed by atoms with Crippen molar-refractivity contribution in [1.29, 1.82) is 0 Å². The average molecular weight is 485 g/mol. The molecule has 0 aliphatic heterocycles. The maximum atomic E-state index is 14.3. The minimum atomic E-state index is -0.293. The molecule has 1 N–H and O–H groups in total. The monoisotopic (exact) mass is 484 g/mol. The number of carbonyl (C=O) groups excluding carboxylic acids is 1. The third kappa shape index (κ3) is 3.92. The van der Waals surface area contributed by atoms with Crippen LogP contribution in [-0.2, 0) is 4.74 Å². The maximum absolute atomic E-state index is 14.3. The van der Waals surface area contributed by atoms with Crippen molar-refractivity contribution in [3.05, 3.63) is 76.9 Å². The molecule has 0 spiro atoms. The number of pyridine rings is 1. The quantitative estimate of drug-likeness (QED) is 0.262. The van der Waals surface area contributed by atoms with E-state index in [0.29, 0.717) is 22.1 Å². The molecule has 1 fully saturated rings. The first kappa shape index (κ1) is 22.0. The zero-order valence-corrected chi connectivity index (χ0v) is 20.3. The van der Waals surface area contributed by atoms with Crippen molar-refractivity contribution in [3.63, 3.8) is 0 Å². The number of rotatable bonds is 4. The number of halogens is 1. The largest absolute Gasteiger partial charge is 0.465 e. The van der Waals surface area contributed by atoms with E-state index < -0.39 is 0 Å². The number of ether oxygens (including phenoxy) is 1. The molecule has 1 aliphatic carbocycles. The molecule has 2 aromatic carbocycles. The number of nitrogens with zero attached hydrogens (tertiary/aromatic N) is 1. The summed E-state index contributed by atoms with van der Waals surface area (Å²) in [7, 11) is 1.42. The molecule has 0 bridgehead atoms. The van der Waals surface area contributed by atoms with Crippen LogP contribution in [0.3, 0.4) is 0 Å². The second kappa shape index (κ2) is 8.93. The number of aromatic amines is 1. The van der Waals surface area contributed by atoms with Crippen molar-refractivity contribution in [2.75, 3.05) is 7.11 Å². The number of aromatic nitrogens is 2. The minimum absolute atomic E-state index is 0.272. The smallest absolute Gasteiger partial charge is 0.348 e. The molecule has 4 nitrogen and oxygen atoms in total. The molecule has 0 amide bonds. The molecule has 0 saturated heterocycles. The summed E-state index contributed by atoms with van der Waals surface area (Å²) in [4.78, 5) is 21.1. The van der Waals surface area contributed by atoms with Gasteiger partial charge in [-0.15, -0.1) is 11.3 Å². The van der Waals surface area contributed by atoms with Crippen LogP contribution in [0.4, 0.5) is 4.39 Å². The molecule has 0 unspecified atom stereocenters. The van der Waals surface area contributed by atoms with Gasteiger partial charge in [-0.25, -0.2) is 14.2 Å². The zero-order valence-electron chi connectivity index (χ0n) is 19.4. The van der Waals surface area contributed by atoms with Crippen LogP contribution < -0.4 is 0 Å². The summed E-state index contributed by atoms with van der Waals surface area (Å²) in [6, 6.07) is 18.8. The number of nitrogens with one attached hydrogen (secondary N) is 1. The Kier molecular flexibility index (Phi) is 5.61. The van der Waals surface area contributed by atoms with E-state index in [-0.39, 0.29) is 11.8 Å². The van der Waals surface area contributed by atoms with E-state index in [1.165, 1.54) is 49.3 Å². The van der Waals surface area contributed by atoms with Gasteiger partial charge in [-0.2, -0.15) is 0 Å². The molecule has 1 saturated carbocycles. The fraction of sp³-hybridized carbons (Fsp3) is 0.241. The molecule has 3 aromatic heterocycles. The molecule has 0 atom stereocenters. The Morgan fingerprint density at radius 2 is 1.89 bits per heavy atom. The van der Waals surface area contributed by atoms with Crippen LogP contribution in [-0.4, -0.2) is 23.0 Å². The molecule has 1 aliphatic rings. The highest BCUT2D eigenvalue weighted by Crippen LogP contribution is 2.45. The molecule has 6 heteroatoms. The van der Waals surface area contributed by atoms with Crippen LogP contribution in [0.25, 0.3) is 43.6 Å². The van der Waals surface area contributed by atoms with Gasteiger partial charge in [0.25, 0.3) is 0 Å². The first-order valence-electron chi connectivity index (χ1n) is 12.0. The van der Waals surface area contributed by atoms with Gasteiger partial charge in [-0.3, -0.25) is 0 Å². The molecular weight excluding hydrogens is 459 g/mol. The van der Waals surface area contributed by atoms with Crippen LogP contribution >= 0.6 is 11.3 Å². The fourth-order valence-electron chi connectivity index (χ4n) is 5.31. The van der Waals surface area contributed by atoms with E-state index in [2.05, 4.69) is 17.1 Å². The van der Waals surface area contributed by atoms with Gasteiger partial charge in [0.05, 0.1) is 34.2 Å². The molecule has 35 heavy (non-hydrogen) atoms. The summed E-state index contributed by atoms with van der Waals surface area (Å²) < 4.78 is 20.4. The number of methoxy groups -OCH3 is 1. The van der Waals surface area contributed by atoms with E-state index in [4.69, 9.17) is 9.72 Å². The lowest BCUT2D eigenvalue weighted by Crippen LogP contribution is -2.05. The molecular formula is C29H25FN2O2S. The molecule has 0 radical (unpaired) electrons. The van der Waals surface area contributed by atoms with E-state index in [0.717, 1.165) is 45.2 Å². The van der Waals surface area contributed by atoms with E-state index >= 15 is 0 Å². The summed E-state index contributed by atoms with van der Waals surface area (Å²) in [5.41, 5.74) is 6.48. The number of hydrogen-bond donors (Lipinski definition) is 1. The normalized spacial score (nSPS) is 14.6. The highest BCUT2D eigenvalue weighted by atomic mass is 32.1. The average Bonchev–Trinajstić information content (AvgIpc) is 3.47. The number of esters is 1. The van der Waals surface area contributed by atoms with Gasteiger partial charge in [0.15, 0.2) is 0 Å². The van der Waals surface area contributed by atoms with Crippen LogP contribution in [0.2, 0.25) is 0 Å². The number of fused-ring (bicyclic) bond motifs is 2. The lowest BCUT2D eigenvalue weighted by Gasteiger charge is -2.22. The van der Waals surface area contributed by atoms with Crippen molar-refractivity contribution in [1.82, 2.24) is 9.97 Å². The van der Waals surface area contributed by atoms with Crippen molar-refractivity contribution in [2.24, 2.45) is 0 Å². The first-order valence-corrected chi connectivity index (χ1v) is 12.8. The van der Waals surface area contributed by atoms with Gasteiger partial charge in [0, 0.05) is 10.9 Å². The van der Waals surface area contributed by atoms with Gasteiger partial charge in [-0.05, 0) is 66.3 Å². The predicted molar refractivity (Wildman–Crippen MR) is 139 cm³/mol. The van der Waals surface area contributed by atoms with Gasteiger partial charge in [-0.1, -0.05) is 43.5 Å². The topological polar surface area (TPSA) is 55.0 Å². The maximum Gasteiger partial charge on any atom is 0.348 e. The van der Waals surface area contributed by atoms with Crippen molar-refractivity contribution in [2.45, 2.75) is 38.0 Å². The van der Waals surface area contributed by atoms with Crippen molar-refractivity contribution >= 4 is 38.4 Å². The van der Waals surface area contributed by atoms with E-state index in [1.54, 1.807) is 12.1 Å². The Hall–Kier alpha value is -3.51. The van der Waals surface area contributed by atoms with Gasteiger partial charge in [0.2, 0.25) is 0 Å². The number of thiophene rings is 1. The minimum Gasteiger partial charge on any atom is -0.465 e. The predicted octanol–water partition coefficient (Wildman–Crippen LogP) is 8.09. The summed E-state index contributed by atoms with van der Waals surface area (Å²) >= 11 is 1.52. The number of carbonyl (C=O) groups is 1. The highest BCUT2D eigenvalue weighted by molar-refractivity contribution is 7.21. The number of benzene rings is 2. The molecule has 176 valence electrons. The van der Waals surface area contributed by atoms with Crippen LogP contribution in [0.5, 0.6) is 0 Å². The Morgan fingerprint density at radius 3 is 2.69 bits per heavy atom. The van der Waals surface area contributed by atoms with Gasteiger partial charge < -0.3 is 9.72 Å². The fourth-order valence-corrected chi connectivity index (χ4v) is 6.47. The molecule has 5 aromatic rings. The lowest BCUT2D eigenvalue weighted by molar-refractivity contribution is 0.0606. The van der Waals surface area contributed by atoms with Crippen LogP contribution in [0.15, 0.2) is 60.7 Å². The number of H-pyrrole nitrogens is 1. The Bertz CT molecular complexity index is 1560. The van der Waals surface area contributed by atoms with Crippen molar-refractivity contribution < 1.29 is 13.9 Å². The summed E-state index contributed by atoms with van der Waals surface area (Å²) in [5.74, 6) is -0.0991. The van der Waals surface area contributed by atoms with E-state index in [1.807, 2.05) is 30.3 Å². The van der Waals surface area contributed by atoms with Crippen LogP contribution in [0.1, 0.15) is 53.3 Å². The van der Waals surface area contributed by atoms with Crippen molar-refractivity contribution in [3.8, 4) is 22.5 Å². The zero-order chi connectivity index (χ0) is 23.9. The van der Waals surface area contributed by atoms with E-state index in [9.17, 15) is 9.18 Å².